The van der Waals surface area contributed by atoms with Gasteiger partial charge in [-0.15, -0.1) is 11.3 Å². The molecule has 0 bridgehead atoms. The van der Waals surface area contributed by atoms with Gasteiger partial charge in [0.05, 0.1) is 12.1 Å². The monoisotopic (exact) mass is 340 g/mol. The fraction of sp³-hybridized carbons (Fsp3) is 0.167. The van der Waals surface area contributed by atoms with Gasteiger partial charge in [0.25, 0.3) is 5.91 Å². The lowest BCUT2D eigenvalue weighted by Crippen LogP contribution is -2.26. The van der Waals surface area contributed by atoms with Crippen molar-refractivity contribution in [2.45, 2.75) is 6.54 Å². The summed E-state index contributed by atoms with van der Waals surface area (Å²) in [6.45, 7) is 0.575. The molecule has 2 rings (SSSR count). The molecule has 0 radical (unpaired) electrons. The number of hydrogen-bond acceptors (Lipinski definition) is 5. The average molecular weight is 341 g/mol. The van der Waals surface area contributed by atoms with E-state index in [1.54, 1.807) is 35.4 Å². The molecule has 0 saturated heterocycles. The van der Waals surface area contributed by atoms with Crippen LogP contribution >= 0.6 is 27.3 Å². The predicted molar refractivity (Wildman–Crippen MR) is 79.9 cm³/mol. The first-order valence-electron chi connectivity index (χ1n) is 5.51. The zero-order valence-corrected chi connectivity index (χ0v) is 12.7. The Labute approximate surface area is 123 Å². The lowest BCUT2D eigenvalue weighted by molar-refractivity contribution is 0.0786. The number of pyridine rings is 1. The van der Waals surface area contributed by atoms with Crippen LogP contribution < -0.4 is 11.3 Å². The van der Waals surface area contributed by atoms with Crippen molar-refractivity contribution in [3.8, 4) is 0 Å². The van der Waals surface area contributed by atoms with Crippen LogP contribution in [0.3, 0.4) is 0 Å². The summed E-state index contributed by atoms with van der Waals surface area (Å²) in [4.78, 5) is 19.0. The van der Waals surface area contributed by atoms with Crippen molar-refractivity contribution in [2.75, 3.05) is 12.5 Å². The Hall–Kier alpha value is -1.44. The number of rotatable bonds is 4. The third-order valence-corrected chi connectivity index (χ3v) is 4.20. The van der Waals surface area contributed by atoms with Gasteiger partial charge in [-0.1, -0.05) is 0 Å². The maximum absolute atomic E-state index is 12.2. The van der Waals surface area contributed by atoms with Gasteiger partial charge in [0, 0.05) is 28.0 Å². The van der Waals surface area contributed by atoms with E-state index >= 15 is 0 Å². The number of nitrogens with two attached hydrogens (primary N) is 1. The van der Waals surface area contributed by atoms with Crippen molar-refractivity contribution in [3.05, 3.63) is 44.7 Å². The highest BCUT2D eigenvalue weighted by atomic mass is 79.9. The van der Waals surface area contributed by atoms with Gasteiger partial charge in [0.2, 0.25) is 0 Å². The number of aromatic nitrogens is 1. The number of anilines is 1. The SMILES string of the molecule is CN(Cc1cc(Br)cs1)C(=O)c1ccc(NN)nc1. The molecule has 0 aliphatic heterocycles. The van der Waals surface area contributed by atoms with Gasteiger partial charge in [0.15, 0.2) is 0 Å². The van der Waals surface area contributed by atoms with Gasteiger partial charge in [-0.2, -0.15) is 0 Å². The third-order valence-electron chi connectivity index (χ3n) is 2.52. The zero-order chi connectivity index (χ0) is 13.8. The largest absolute Gasteiger partial charge is 0.337 e. The van der Waals surface area contributed by atoms with E-state index in [9.17, 15) is 4.79 Å². The van der Waals surface area contributed by atoms with E-state index in [1.807, 2.05) is 11.4 Å². The van der Waals surface area contributed by atoms with E-state index in [-0.39, 0.29) is 5.91 Å². The molecule has 0 spiro atoms. The predicted octanol–water partition coefficient (Wildman–Crippen LogP) is 2.46. The van der Waals surface area contributed by atoms with Crippen LogP contribution in [0, 0.1) is 0 Å². The highest BCUT2D eigenvalue weighted by Gasteiger charge is 2.13. The fourth-order valence-electron chi connectivity index (χ4n) is 1.57. The number of halogens is 1. The van der Waals surface area contributed by atoms with Crippen LogP contribution in [0.1, 0.15) is 15.2 Å². The van der Waals surface area contributed by atoms with Gasteiger partial charge >= 0.3 is 0 Å². The first-order chi connectivity index (χ1) is 9.10. The molecule has 19 heavy (non-hydrogen) atoms. The van der Waals surface area contributed by atoms with Gasteiger partial charge in [0.1, 0.15) is 5.82 Å². The summed E-state index contributed by atoms with van der Waals surface area (Å²) < 4.78 is 1.04. The number of carbonyl (C=O) groups is 1. The molecule has 0 saturated carbocycles. The lowest BCUT2D eigenvalue weighted by Gasteiger charge is -2.16. The standard InChI is InChI=1S/C12H13BrN4OS/c1-17(6-10-4-9(13)7-19-10)12(18)8-2-3-11(16-14)15-5-8/h2-5,7H,6,14H2,1H3,(H,15,16). The van der Waals surface area contributed by atoms with Gasteiger partial charge in [-0.05, 0) is 34.1 Å². The van der Waals surface area contributed by atoms with E-state index in [2.05, 4.69) is 26.3 Å². The number of thiophene rings is 1. The minimum absolute atomic E-state index is 0.0689. The first-order valence-corrected chi connectivity index (χ1v) is 7.18. The van der Waals surface area contributed by atoms with Gasteiger partial charge in [-0.25, -0.2) is 10.8 Å². The zero-order valence-electron chi connectivity index (χ0n) is 10.3. The van der Waals surface area contributed by atoms with Crippen LogP contribution in [0.5, 0.6) is 0 Å². The molecule has 7 heteroatoms. The number of hydrogen-bond donors (Lipinski definition) is 2. The molecule has 0 fully saturated rings. The summed E-state index contributed by atoms with van der Waals surface area (Å²) in [6, 6.07) is 5.38. The highest BCUT2D eigenvalue weighted by molar-refractivity contribution is 9.10. The molecular formula is C12H13BrN4OS. The van der Waals surface area contributed by atoms with Crippen LogP contribution in [0.2, 0.25) is 0 Å². The number of nitrogens with one attached hydrogen (secondary N) is 1. The minimum Gasteiger partial charge on any atom is -0.337 e. The molecule has 5 nitrogen and oxygen atoms in total. The van der Waals surface area contributed by atoms with E-state index in [0.29, 0.717) is 17.9 Å². The van der Waals surface area contributed by atoms with Crippen molar-refractivity contribution < 1.29 is 4.79 Å². The van der Waals surface area contributed by atoms with Crippen molar-refractivity contribution in [2.24, 2.45) is 5.84 Å². The third kappa shape index (κ3) is 3.52. The van der Waals surface area contributed by atoms with Crippen LogP contribution in [0.15, 0.2) is 34.2 Å². The Morgan fingerprint density at radius 1 is 1.58 bits per heavy atom. The molecule has 0 aliphatic rings. The Morgan fingerprint density at radius 3 is 2.89 bits per heavy atom. The van der Waals surface area contributed by atoms with E-state index < -0.39 is 0 Å². The van der Waals surface area contributed by atoms with Gasteiger partial charge in [-0.3, -0.25) is 4.79 Å². The van der Waals surface area contributed by atoms with Crippen molar-refractivity contribution >= 4 is 39.0 Å². The van der Waals surface area contributed by atoms with E-state index in [1.165, 1.54) is 6.20 Å². The van der Waals surface area contributed by atoms with Crippen molar-refractivity contribution in [1.29, 1.82) is 0 Å². The Bertz CT molecular complexity index is 569. The van der Waals surface area contributed by atoms with E-state index in [0.717, 1.165) is 9.35 Å². The van der Waals surface area contributed by atoms with Crippen molar-refractivity contribution in [1.82, 2.24) is 9.88 Å². The molecule has 0 unspecified atom stereocenters. The molecule has 0 aromatic carbocycles. The minimum atomic E-state index is -0.0689. The summed E-state index contributed by atoms with van der Waals surface area (Å²) in [5.74, 6) is 5.69. The number of amides is 1. The molecule has 2 aromatic rings. The first kappa shape index (κ1) is 14.0. The number of hydrazine groups is 1. The highest BCUT2D eigenvalue weighted by Crippen LogP contribution is 2.21. The fourth-order valence-corrected chi connectivity index (χ4v) is 3.07. The lowest BCUT2D eigenvalue weighted by atomic mass is 10.2. The summed E-state index contributed by atoms with van der Waals surface area (Å²) in [5.41, 5.74) is 2.96. The quantitative estimate of drug-likeness (QED) is 0.662. The number of nitrogen functional groups attached to an aromatic ring is 1. The second-order valence-corrected chi connectivity index (χ2v) is 5.88. The Kier molecular flexibility index (Phi) is 4.52. The van der Waals surface area contributed by atoms with E-state index in [4.69, 9.17) is 5.84 Å². The van der Waals surface area contributed by atoms with Crippen LogP contribution in [0.25, 0.3) is 0 Å². The maximum atomic E-state index is 12.2. The summed E-state index contributed by atoms with van der Waals surface area (Å²) >= 11 is 5.01. The molecule has 1 amide bonds. The van der Waals surface area contributed by atoms with Crippen LogP contribution in [0.4, 0.5) is 5.82 Å². The molecular weight excluding hydrogens is 328 g/mol. The normalized spacial score (nSPS) is 10.3. The molecule has 2 aromatic heterocycles. The Morgan fingerprint density at radius 2 is 2.37 bits per heavy atom. The average Bonchev–Trinajstić information content (AvgIpc) is 2.83. The molecule has 3 N–H and O–H groups in total. The Balaban J connectivity index is 2.05. The summed E-state index contributed by atoms with van der Waals surface area (Å²) in [6.07, 6.45) is 1.51. The number of carbonyl (C=O) groups excluding carboxylic acids is 1. The van der Waals surface area contributed by atoms with Crippen LogP contribution in [-0.2, 0) is 6.54 Å². The summed E-state index contributed by atoms with van der Waals surface area (Å²) in [5, 5.41) is 2.00. The molecule has 0 aliphatic carbocycles. The second-order valence-electron chi connectivity index (χ2n) is 3.97. The molecule has 100 valence electrons. The van der Waals surface area contributed by atoms with Gasteiger partial charge < -0.3 is 10.3 Å². The molecule has 2 heterocycles. The number of nitrogens with zero attached hydrogens (tertiary/aromatic N) is 2. The maximum Gasteiger partial charge on any atom is 0.255 e. The molecule has 0 atom stereocenters. The second kappa shape index (κ2) is 6.14. The van der Waals surface area contributed by atoms with Crippen LogP contribution in [-0.4, -0.2) is 22.8 Å². The smallest absolute Gasteiger partial charge is 0.255 e. The van der Waals surface area contributed by atoms with Crippen molar-refractivity contribution in [3.63, 3.8) is 0 Å². The summed E-state index contributed by atoms with van der Waals surface area (Å²) in [7, 11) is 1.77. The topological polar surface area (TPSA) is 71.2 Å².